The molecule has 1 aromatic carbocycles. The van der Waals surface area contributed by atoms with Gasteiger partial charge in [0.05, 0.1) is 10.6 Å². The van der Waals surface area contributed by atoms with Gasteiger partial charge >= 0.3 is 0 Å². The molecule has 0 aliphatic rings. The predicted molar refractivity (Wildman–Crippen MR) is 76.8 cm³/mol. The van der Waals surface area contributed by atoms with Crippen LogP contribution in [0.5, 0.6) is 0 Å². The van der Waals surface area contributed by atoms with E-state index in [1.165, 1.54) is 12.1 Å². The summed E-state index contributed by atoms with van der Waals surface area (Å²) in [5.41, 5.74) is 6.41. The van der Waals surface area contributed by atoms with E-state index in [1.807, 2.05) is 0 Å². The van der Waals surface area contributed by atoms with Gasteiger partial charge in [0.15, 0.2) is 0 Å². The monoisotopic (exact) mass is 321 g/mol. The number of sulfonamides is 2. The minimum absolute atomic E-state index is 0.00116. The second-order valence-electron chi connectivity index (χ2n) is 4.48. The third kappa shape index (κ3) is 5.55. The molecule has 9 heteroatoms. The molecule has 0 spiro atoms. The highest BCUT2D eigenvalue weighted by Crippen LogP contribution is 2.15. The fourth-order valence-corrected chi connectivity index (χ4v) is 3.20. The third-order valence-corrected chi connectivity index (χ3v) is 4.91. The first-order valence-electron chi connectivity index (χ1n) is 5.97. The normalized spacial score (nSPS) is 14.2. The van der Waals surface area contributed by atoms with Gasteiger partial charge < -0.3 is 5.73 Å². The Balaban J connectivity index is 2.72. The summed E-state index contributed by atoms with van der Waals surface area (Å²) < 4.78 is 47.8. The maximum Gasteiger partial charge on any atom is 0.240 e. The fourth-order valence-electron chi connectivity index (χ4n) is 1.53. The number of benzene rings is 1. The van der Waals surface area contributed by atoms with Gasteiger partial charge in [0, 0.05) is 12.6 Å². The minimum Gasteiger partial charge on any atom is -0.324 e. The Kier molecular flexibility index (Phi) is 5.66. The molecule has 0 heterocycles. The highest BCUT2D eigenvalue weighted by Gasteiger charge is 2.15. The van der Waals surface area contributed by atoms with Crippen molar-refractivity contribution in [1.82, 2.24) is 4.72 Å². The molecule has 20 heavy (non-hydrogen) atoms. The zero-order valence-electron chi connectivity index (χ0n) is 11.1. The van der Waals surface area contributed by atoms with Crippen LogP contribution >= 0.6 is 0 Å². The van der Waals surface area contributed by atoms with E-state index in [-0.39, 0.29) is 29.7 Å². The van der Waals surface area contributed by atoms with Crippen molar-refractivity contribution in [2.75, 3.05) is 12.3 Å². The number of rotatable bonds is 7. The van der Waals surface area contributed by atoms with Crippen molar-refractivity contribution in [3.8, 4) is 0 Å². The summed E-state index contributed by atoms with van der Waals surface area (Å²) in [5, 5.41) is 4.83. The van der Waals surface area contributed by atoms with E-state index in [1.54, 1.807) is 19.1 Å². The third-order valence-electron chi connectivity index (χ3n) is 2.59. The Morgan fingerprint density at radius 2 is 1.90 bits per heavy atom. The van der Waals surface area contributed by atoms with Gasteiger partial charge in [-0.2, -0.15) is 0 Å². The second kappa shape index (κ2) is 6.64. The first kappa shape index (κ1) is 17.1. The smallest absolute Gasteiger partial charge is 0.240 e. The van der Waals surface area contributed by atoms with Crippen LogP contribution in [0.15, 0.2) is 29.2 Å². The number of nitrogens with two attached hydrogens (primary N) is 2. The van der Waals surface area contributed by atoms with E-state index in [4.69, 9.17) is 10.9 Å². The van der Waals surface area contributed by atoms with Gasteiger partial charge in [0.1, 0.15) is 0 Å². The van der Waals surface area contributed by atoms with Crippen LogP contribution in [-0.2, 0) is 20.0 Å². The summed E-state index contributed by atoms with van der Waals surface area (Å²) in [6, 6.07) is 6.02. The van der Waals surface area contributed by atoms with Crippen LogP contribution in [0.4, 0.5) is 0 Å². The van der Waals surface area contributed by atoms with Crippen molar-refractivity contribution in [1.29, 1.82) is 0 Å². The summed E-state index contributed by atoms with van der Waals surface area (Å²) in [6.45, 7) is 1.76. The molecule has 0 fully saturated rings. The molecule has 0 bridgehead atoms. The molecular weight excluding hydrogens is 302 g/mol. The molecule has 0 aliphatic heterocycles. The Labute approximate surface area is 119 Å². The van der Waals surface area contributed by atoms with Gasteiger partial charge in [0.25, 0.3) is 0 Å². The highest BCUT2D eigenvalue weighted by atomic mass is 32.2. The molecule has 0 saturated heterocycles. The Bertz CT molecular complexity index is 654. The maximum atomic E-state index is 12.0. The van der Waals surface area contributed by atoms with Gasteiger partial charge in [-0.1, -0.05) is 12.1 Å². The fraction of sp³-hybridized carbons (Fsp3) is 0.455. The Hall–Kier alpha value is -1.00. The molecule has 5 N–H and O–H groups in total. The van der Waals surface area contributed by atoms with Crippen LogP contribution in [0.1, 0.15) is 24.9 Å². The van der Waals surface area contributed by atoms with Gasteiger partial charge in [-0.3, -0.25) is 0 Å². The van der Waals surface area contributed by atoms with Crippen LogP contribution in [0.25, 0.3) is 0 Å². The van der Waals surface area contributed by atoms with Gasteiger partial charge in [0.2, 0.25) is 20.0 Å². The van der Waals surface area contributed by atoms with Crippen molar-refractivity contribution in [3.05, 3.63) is 29.8 Å². The lowest BCUT2D eigenvalue weighted by Crippen LogP contribution is -2.27. The Morgan fingerprint density at radius 3 is 2.45 bits per heavy atom. The predicted octanol–water partition coefficient (Wildman–Crippen LogP) is -0.337. The van der Waals surface area contributed by atoms with E-state index in [2.05, 4.69) is 4.72 Å². The number of primary sulfonamides is 1. The van der Waals surface area contributed by atoms with Crippen molar-refractivity contribution in [2.24, 2.45) is 10.9 Å². The molecule has 1 atom stereocenters. The van der Waals surface area contributed by atoms with Crippen molar-refractivity contribution < 1.29 is 16.8 Å². The van der Waals surface area contributed by atoms with Crippen molar-refractivity contribution in [3.63, 3.8) is 0 Å². The number of hydrogen-bond donors (Lipinski definition) is 3. The largest absolute Gasteiger partial charge is 0.324 e. The van der Waals surface area contributed by atoms with Gasteiger partial charge in [-0.25, -0.2) is 26.7 Å². The topological polar surface area (TPSA) is 132 Å². The molecule has 0 aliphatic carbocycles. The first-order valence-corrected chi connectivity index (χ1v) is 9.17. The van der Waals surface area contributed by atoms with E-state index in [0.717, 1.165) is 0 Å². The lowest BCUT2D eigenvalue weighted by atomic mass is 10.1. The van der Waals surface area contributed by atoms with Crippen molar-refractivity contribution >= 4 is 20.0 Å². The zero-order valence-corrected chi connectivity index (χ0v) is 12.7. The quantitative estimate of drug-likeness (QED) is 0.591. The maximum absolute atomic E-state index is 12.0. The summed E-state index contributed by atoms with van der Waals surface area (Å²) in [7, 11) is -7.25. The molecular formula is C11H19N3O4S2. The molecule has 1 rings (SSSR count). The lowest BCUT2D eigenvalue weighted by Gasteiger charge is -2.10. The van der Waals surface area contributed by atoms with Crippen LogP contribution in [-0.4, -0.2) is 29.1 Å². The van der Waals surface area contributed by atoms with E-state index >= 15 is 0 Å². The summed E-state index contributed by atoms with van der Waals surface area (Å²) in [4.78, 5) is 0.0999. The molecule has 7 nitrogen and oxygen atoms in total. The van der Waals surface area contributed by atoms with Crippen LogP contribution in [0.3, 0.4) is 0 Å². The van der Waals surface area contributed by atoms with Gasteiger partial charge in [-0.05, 0) is 31.0 Å². The number of hydrogen-bond acceptors (Lipinski definition) is 5. The standard InChI is InChI=1S/C11H19N3O4S2/c1-9(12)10-4-2-5-11(8-10)20(17,18)14-6-3-7-19(13,15)16/h2,4-5,8-9,14H,3,6-7,12H2,1H3,(H2,13,15,16). The second-order valence-corrected chi connectivity index (χ2v) is 7.98. The van der Waals surface area contributed by atoms with E-state index in [9.17, 15) is 16.8 Å². The average molecular weight is 321 g/mol. The molecule has 114 valence electrons. The lowest BCUT2D eigenvalue weighted by molar-refractivity contribution is 0.576. The van der Waals surface area contributed by atoms with Crippen LogP contribution in [0, 0.1) is 0 Å². The summed E-state index contributed by atoms with van der Waals surface area (Å²) in [5.74, 6) is -0.268. The van der Waals surface area contributed by atoms with E-state index in [0.29, 0.717) is 5.56 Å². The molecule has 0 radical (unpaired) electrons. The SMILES string of the molecule is CC(N)c1cccc(S(=O)(=O)NCCCS(N)(=O)=O)c1. The Morgan fingerprint density at radius 1 is 1.25 bits per heavy atom. The van der Waals surface area contributed by atoms with Gasteiger partial charge in [-0.15, -0.1) is 0 Å². The van der Waals surface area contributed by atoms with Crippen LogP contribution in [0.2, 0.25) is 0 Å². The number of nitrogens with one attached hydrogen (secondary N) is 1. The highest BCUT2D eigenvalue weighted by molar-refractivity contribution is 7.89. The molecule has 1 unspecified atom stereocenters. The summed E-state index contributed by atoms with van der Waals surface area (Å²) in [6.07, 6.45) is 0.116. The zero-order chi connectivity index (χ0) is 15.4. The average Bonchev–Trinajstić information content (AvgIpc) is 2.34. The van der Waals surface area contributed by atoms with E-state index < -0.39 is 20.0 Å². The molecule has 0 saturated carbocycles. The first-order chi connectivity index (χ1) is 9.12. The minimum atomic E-state index is -3.68. The molecule has 0 amide bonds. The van der Waals surface area contributed by atoms with Crippen molar-refractivity contribution in [2.45, 2.75) is 24.3 Å². The molecule has 1 aromatic rings. The van der Waals surface area contributed by atoms with Crippen LogP contribution < -0.4 is 15.6 Å². The summed E-state index contributed by atoms with van der Waals surface area (Å²) >= 11 is 0. The molecule has 0 aromatic heterocycles.